The molecule has 0 saturated carbocycles. The molecule has 2 nitrogen and oxygen atoms in total. The quantitative estimate of drug-likeness (QED) is 0.261. The van der Waals surface area contributed by atoms with Gasteiger partial charge in [0.05, 0.1) is 0 Å². The number of rotatable bonds is 7. The van der Waals surface area contributed by atoms with Crippen molar-refractivity contribution in [3.63, 3.8) is 0 Å². The molecule has 4 aromatic carbocycles. The molecule has 0 amide bonds. The molecule has 4 rings (SSSR count). The van der Waals surface area contributed by atoms with Crippen LogP contribution in [0.15, 0.2) is 115 Å². The first-order valence-corrected chi connectivity index (χ1v) is 13.8. The van der Waals surface area contributed by atoms with Gasteiger partial charge in [-0.3, -0.25) is 0 Å². The predicted molar refractivity (Wildman–Crippen MR) is 137 cm³/mol. The first-order valence-electron chi connectivity index (χ1n) is 10.5. The van der Waals surface area contributed by atoms with Gasteiger partial charge in [-0.1, -0.05) is 0 Å². The third kappa shape index (κ3) is 3.71. The third-order valence-corrected chi connectivity index (χ3v) is 13.0. The van der Waals surface area contributed by atoms with Crippen LogP contribution in [-0.2, 0) is 0 Å². The molecule has 32 heavy (non-hydrogen) atoms. The summed E-state index contributed by atoms with van der Waals surface area (Å²) in [6.07, 6.45) is 0.0789. The minimum absolute atomic E-state index is 0.0515. The molecule has 0 aliphatic rings. The van der Waals surface area contributed by atoms with E-state index in [2.05, 4.69) is 0 Å². The van der Waals surface area contributed by atoms with Gasteiger partial charge in [0, 0.05) is 0 Å². The van der Waals surface area contributed by atoms with Crippen LogP contribution in [0.3, 0.4) is 0 Å². The number of carbonyl (C=O) groups is 2. The summed E-state index contributed by atoms with van der Waals surface area (Å²) >= 11 is 8.03. The zero-order chi connectivity index (χ0) is 22.6. The summed E-state index contributed by atoms with van der Waals surface area (Å²) in [5.41, 5.74) is 1.16. The van der Waals surface area contributed by atoms with E-state index in [9.17, 15) is 9.59 Å². The van der Waals surface area contributed by atoms with Crippen molar-refractivity contribution in [1.82, 2.24) is 0 Å². The monoisotopic (exact) mass is 458 g/mol. The van der Waals surface area contributed by atoms with E-state index in [1.54, 1.807) is 13.0 Å². The van der Waals surface area contributed by atoms with Crippen molar-refractivity contribution >= 4 is 44.7 Å². The Balaban J connectivity index is 2.12. The van der Waals surface area contributed by atoms with E-state index in [0.29, 0.717) is 11.1 Å². The molecule has 0 aliphatic carbocycles. The molecule has 4 heteroatoms. The zero-order valence-corrected chi connectivity index (χ0v) is 19.5. The molecule has 0 saturated heterocycles. The molecule has 0 atom stereocenters. The number of benzene rings is 4. The number of hydrogen-bond donors (Lipinski definition) is 0. The van der Waals surface area contributed by atoms with Gasteiger partial charge in [-0.25, -0.2) is 0 Å². The van der Waals surface area contributed by atoms with Crippen LogP contribution in [-0.4, -0.2) is 17.7 Å². The van der Waals surface area contributed by atoms with Crippen LogP contribution < -0.4 is 15.9 Å². The molecule has 0 aliphatic heterocycles. The van der Waals surface area contributed by atoms with Crippen LogP contribution in [0, 0.1) is 0 Å². The van der Waals surface area contributed by atoms with E-state index >= 15 is 0 Å². The van der Waals surface area contributed by atoms with Crippen LogP contribution in [0.25, 0.3) is 0 Å². The molecule has 0 spiro atoms. The van der Waals surface area contributed by atoms with Crippen molar-refractivity contribution in [2.75, 3.05) is 6.16 Å². The maximum atomic E-state index is 13.7. The summed E-state index contributed by atoms with van der Waals surface area (Å²) in [5.74, 6) is -4.03. The van der Waals surface area contributed by atoms with Crippen LogP contribution in [0.2, 0.25) is 0 Å². The van der Waals surface area contributed by atoms with Crippen molar-refractivity contribution in [1.29, 1.82) is 0 Å². The summed E-state index contributed by atoms with van der Waals surface area (Å²) in [6.45, 7) is 1.55. The van der Waals surface area contributed by atoms with Gasteiger partial charge in [0.15, 0.2) is 0 Å². The van der Waals surface area contributed by atoms with E-state index in [4.69, 9.17) is 11.2 Å². The van der Waals surface area contributed by atoms with E-state index in [0.717, 1.165) is 15.9 Å². The topological polar surface area (TPSA) is 34.1 Å². The fourth-order valence-corrected chi connectivity index (χ4v) is 10.6. The van der Waals surface area contributed by atoms with Crippen molar-refractivity contribution in [2.24, 2.45) is 0 Å². The van der Waals surface area contributed by atoms with Crippen molar-refractivity contribution in [2.45, 2.75) is 6.92 Å². The third-order valence-electron chi connectivity index (χ3n) is 5.91. The Labute approximate surface area is 193 Å². The van der Waals surface area contributed by atoms with E-state index in [-0.39, 0.29) is 17.7 Å². The fraction of sp³-hybridized carbons (Fsp3) is 0.0714. The number of halogens is 1. The van der Waals surface area contributed by atoms with Gasteiger partial charge in [0.1, 0.15) is 0 Å². The number of Topliss-reactive ketones (excluding diaryl/α,β-unsaturated/α-hetero) is 2. The summed E-state index contributed by atoms with van der Waals surface area (Å²) in [5, 5.41) is 2.46. The number of ketones is 2. The Morgan fingerprint density at radius 2 is 1.09 bits per heavy atom. The molecule has 0 radical (unpaired) electrons. The average Bonchev–Trinajstić information content (AvgIpc) is 2.85. The molecule has 160 valence electrons. The summed E-state index contributed by atoms with van der Waals surface area (Å²) < 4.78 is 0. The summed E-state index contributed by atoms with van der Waals surface area (Å²) in [7, 11) is 0. The molecular weight excluding hydrogens is 435 g/mol. The van der Waals surface area contributed by atoms with Crippen LogP contribution in [0.5, 0.6) is 0 Å². The standard InChI is InChI=1S/C28H24ClO2P/c1-22(30)26-19-11-12-20-28(26)32(29,24-15-7-3-8-16-24,25-17-9-4-10-18-25)21-27(31)23-13-5-2-6-14-23/h2-20H,21H2,1H3. The SMILES string of the molecule is CC(=O)c1ccccc1P(Cl)(CC(=O)c1ccccc1)(c1ccccc1)c1ccccc1. The maximum absolute atomic E-state index is 13.7. The average molecular weight is 459 g/mol. The zero-order valence-electron chi connectivity index (χ0n) is 17.8. The molecule has 0 bridgehead atoms. The van der Waals surface area contributed by atoms with Gasteiger partial charge < -0.3 is 0 Å². The Morgan fingerprint density at radius 1 is 0.656 bits per heavy atom. The van der Waals surface area contributed by atoms with Crippen LogP contribution >= 0.6 is 17.2 Å². The molecule has 0 N–H and O–H groups in total. The molecular formula is C28H24ClO2P. The van der Waals surface area contributed by atoms with Gasteiger partial charge in [-0.15, -0.1) is 0 Å². The first-order chi connectivity index (χ1) is 15.4. The normalized spacial score (nSPS) is 12.5. The Hall–Kier alpha value is -3.06. The fourth-order valence-electron chi connectivity index (χ4n) is 4.34. The molecule has 0 heterocycles. The van der Waals surface area contributed by atoms with Crippen molar-refractivity contribution in [3.05, 3.63) is 126 Å². The van der Waals surface area contributed by atoms with Gasteiger partial charge >= 0.3 is 194 Å². The van der Waals surface area contributed by atoms with Crippen LogP contribution in [0.1, 0.15) is 27.6 Å². The van der Waals surface area contributed by atoms with E-state index < -0.39 is 5.96 Å². The Kier molecular flexibility index (Phi) is 6.11. The van der Waals surface area contributed by atoms with Crippen molar-refractivity contribution < 1.29 is 9.59 Å². The second kappa shape index (κ2) is 8.82. The van der Waals surface area contributed by atoms with Gasteiger partial charge in [-0.2, -0.15) is 0 Å². The van der Waals surface area contributed by atoms with Crippen LogP contribution in [0.4, 0.5) is 0 Å². The Morgan fingerprint density at radius 3 is 1.59 bits per heavy atom. The molecule has 4 aromatic rings. The number of hydrogen-bond acceptors (Lipinski definition) is 2. The molecule has 0 aromatic heterocycles. The van der Waals surface area contributed by atoms with Crippen molar-refractivity contribution in [3.8, 4) is 0 Å². The van der Waals surface area contributed by atoms with Gasteiger partial charge in [0.2, 0.25) is 0 Å². The second-order valence-corrected chi connectivity index (χ2v) is 14.3. The summed E-state index contributed by atoms with van der Waals surface area (Å²) in [6, 6.07) is 36.2. The van der Waals surface area contributed by atoms with Gasteiger partial charge in [-0.05, 0) is 0 Å². The Bertz CT molecular complexity index is 1210. The first kappa shape index (κ1) is 22.1. The van der Waals surface area contributed by atoms with E-state index in [1.807, 2.05) is 109 Å². The minimum atomic E-state index is -3.90. The molecule has 0 unspecified atom stereocenters. The van der Waals surface area contributed by atoms with Gasteiger partial charge in [0.25, 0.3) is 0 Å². The second-order valence-electron chi connectivity index (χ2n) is 7.87. The predicted octanol–water partition coefficient (Wildman–Crippen LogP) is 5.76. The summed E-state index contributed by atoms with van der Waals surface area (Å²) in [4.78, 5) is 26.5. The molecule has 0 fully saturated rings. The van der Waals surface area contributed by atoms with E-state index in [1.165, 1.54) is 0 Å². The number of carbonyl (C=O) groups excluding carboxylic acids is 2.